The van der Waals surface area contributed by atoms with Crippen LogP contribution in [0.25, 0.3) is 0 Å². The van der Waals surface area contributed by atoms with Gasteiger partial charge in [-0.15, -0.1) is 0 Å². The van der Waals surface area contributed by atoms with E-state index in [1.165, 1.54) is 27.4 Å². The molecule has 0 fully saturated rings. The Morgan fingerprint density at radius 1 is 0.962 bits per heavy atom. The van der Waals surface area contributed by atoms with E-state index in [9.17, 15) is 9.59 Å². The number of hydrogen-bond donors (Lipinski definition) is 2. The van der Waals surface area contributed by atoms with Crippen molar-refractivity contribution in [3.05, 3.63) is 35.2 Å². The van der Waals surface area contributed by atoms with E-state index in [1.54, 1.807) is 19.1 Å². The van der Waals surface area contributed by atoms with Crippen LogP contribution in [0.1, 0.15) is 26.6 Å². The summed E-state index contributed by atoms with van der Waals surface area (Å²) in [5.41, 5.74) is 0.538. The number of aromatic nitrogens is 1. The molecule has 0 atom stereocenters. The van der Waals surface area contributed by atoms with Gasteiger partial charge in [-0.25, -0.2) is 0 Å². The van der Waals surface area contributed by atoms with Crippen molar-refractivity contribution >= 4 is 11.8 Å². The van der Waals surface area contributed by atoms with Gasteiger partial charge in [0.25, 0.3) is 11.8 Å². The van der Waals surface area contributed by atoms with Gasteiger partial charge in [0, 0.05) is 24.7 Å². The highest BCUT2D eigenvalue weighted by Crippen LogP contribution is 2.38. The molecule has 9 heteroatoms. The van der Waals surface area contributed by atoms with Crippen molar-refractivity contribution < 1.29 is 28.3 Å². The first kappa shape index (κ1) is 19.1. The van der Waals surface area contributed by atoms with Crippen LogP contribution in [-0.4, -0.2) is 51.4 Å². The molecule has 1 aromatic heterocycles. The van der Waals surface area contributed by atoms with Crippen molar-refractivity contribution in [1.82, 2.24) is 15.8 Å². The molecule has 26 heavy (non-hydrogen) atoms. The molecule has 0 aliphatic heterocycles. The van der Waals surface area contributed by atoms with E-state index < -0.39 is 0 Å². The first-order chi connectivity index (χ1) is 12.5. The van der Waals surface area contributed by atoms with Crippen LogP contribution >= 0.6 is 0 Å². The lowest BCUT2D eigenvalue weighted by molar-refractivity contribution is 0.0922. The normalized spacial score (nSPS) is 10.2. The van der Waals surface area contributed by atoms with Gasteiger partial charge in [-0.2, -0.15) is 0 Å². The molecule has 2 amide bonds. The minimum atomic E-state index is -0.371. The molecule has 0 unspecified atom stereocenters. The average molecular weight is 363 g/mol. The largest absolute Gasteiger partial charge is 0.493 e. The zero-order chi connectivity index (χ0) is 19.1. The van der Waals surface area contributed by atoms with Crippen LogP contribution in [0.15, 0.2) is 22.7 Å². The molecule has 1 heterocycles. The summed E-state index contributed by atoms with van der Waals surface area (Å²) in [5.74, 6) is 1.01. The lowest BCUT2D eigenvalue weighted by Crippen LogP contribution is -2.34. The third-order valence-corrected chi connectivity index (χ3v) is 3.48. The second kappa shape index (κ2) is 8.75. The number of nitrogens with one attached hydrogen (secondary N) is 2. The molecule has 0 saturated heterocycles. The number of methoxy groups -OCH3 is 3. The van der Waals surface area contributed by atoms with Gasteiger partial charge in [0.1, 0.15) is 5.76 Å². The summed E-state index contributed by atoms with van der Waals surface area (Å²) in [4.78, 5) is 24.1. The van der Waals surface area contributed by atoms with Crippen LogP contribution in [0.3, 0.4) is 0 Å². The van der Waals surface area contributed by atoms with Crippen LogP contribution in [-0.2, 0) is 0 Å². The Morgan fingerprint density at radius 3 is 2.00 bits per heavy atom. The van der Waals surface area contributed by atoms with Crippen LogP contribution in [0.2, 0.25) is 0 Å². The summed E-state index contributed by atoms with van der Waals surface area (Å²) < 4.78 is 20.5. The predicted octanol–water partition coefficient (Wildman–Crippen LogP) is 1.17. The molecule has 0 bridgehead atoms. The van der Waals surface area contributed by atoms with E-state index in [-0.39, 0.29) is 30.6 Å². The topological polar surface area (TPSA) is 112 Å². The molecule has 2 rings (SSSR count). The molecular formula is C17H21N3O6. The van der Waals surface area contributed by atoms with E-state index in [0.29, 0.717) is 28.6 Å². The van der Waals surface area contributed by atoms with Gasteiger partial charge in [0.05, 0.1) is 21.3 Å². The highest BCUT2D eigenvalue weighted by Gasteiger charge is 2.17. The van der Waals surface area contributed by atoms with Gasteiger partial charge >= 0.3 is 0 Å². The van der Waals surface area contributed by atoms with Crippen LogP contribution in [0, 0.1) is 6.92 Å². The minimum absolute atomic E-state index is 0.193. The fourth-order valence-corrected chi connectivity index (χ4v) is 2.23. The number of ether oxygens (including phenoxy) is 3. The first-order valence-corrected chi connectivity index (χ1v) is 7.79. The standard InChI is InChI=1S/C17H21N3O6/c1-10-7-12(20-26-10)17(22)19-6-5-18-16(21)11-8-13(23-2)15(25-4)14(9-11)24-3/h7-9H,5-6H2,1-4H3,(H,18,21)(H,19,22). The Hall–Kier alpha value is -3.23. The van der Waals surface area contributed by atoms with Crippen molar-refractivity contribution in [2.45, 2.75) is 6.92 Å². The SMILES string of the molecule is COc1cc(C(=O)NCCNC(=O)c2cc(C)on2)cc(OC)c1OC. The third-order valence-electron chi connectivity index (χ3n) is 3.48. The van der Waals surface area contributed by atoms with Gasteiger partial charge in [-0.05, 0) is 19.1 Å². The second-order valence-electron chi connectivity index (χ2n) is 5.25. The summed E-state index contributed by atoms with van der Waals surface area (Å²) in [7, 11) is 4.43. The van der Waals surface area contributed by atoms with Gasteiger partial charge in [-0.1, -0.05) is 5.16 Å². The maximum Gasteiger partial charge on any atom is 0.273 e. The molecule has 140 valence electrons. The van der Waals surface area contributed by atoms with E-state index >= 15 is 0 Å². The third kappa shape index (κ3) is 4.44. The number of aryl methyl sites for hydroxylation is 1. The molecular weight excluding hydrogens is 342 g/mol. The fourth-order valence-electron chi connectivity index (χ4n) is 2.23. The van der Waals surface area contributed by atoms with Crippen molar-refractivity contribution in [3.8, 4) is 17.2 Å². The predicted molar refractivity (Wildman–Crippen MR) is 92.0 cm³/mol. The lowest BCUT2D eigenvalue weighted by atomic mass is 10.1. The van der Waals surface area contributed by atoms with Crippen molar-refractivity contribution in [3.63, 3.8) is 0 Å². The summed E-state index contributed by atoms with van der Waals surface area (Å²) in [6, 6.07) is 4.63. The Kier molecular flexibility index (Phi) is 6.42. The smallest absolute Gasteiger partial charge is 0.273 e. The van der Waals surface area contributed by atoms with Crippen LogP contribution in [0.5, 0.6) is 17.2 Å². The van der Waals surface area contributed by atoms with E-state index in [0.717, 1.165) is 0 Å². The lowest BCUT2D eigenvalue weighted by Gasteiger charge is -2.14. The summed E-state index contributed by atoms with van der Waals surface area (Å²) in [6.45, 7) is 2.17. The number of carbonyl (C=O) groups is 2. The zero-order valence-electron chi connectivity index (χ0n) is 15.0. The first-order valence-electron chi connectivity index (χ1n) is 7.79. The van der Waals surface area contributed by atoms with Gasteiger partial charge in [-0.3, -0.25) is 9.59 Å². The minimum Gasteiger partial charge on any atom is -0.493 e. The van der Waals surface area contributed by atoms with Gasteiger partial charge in [0.15, 0.2) is 17.2 Å². The highest BCUT2D eigenvalue weighted by atomic mass is 16.5. The second-order valence-corrected chi connectivity index (χ2v) is 5.25. The van der Waals surface area contributed by atoms with Gasteiger partial charge < -0.3 is 29.4 Å². The Bertz CT molecular complexity index is 762. The van der Waals surface area contributed by atoms with Crippen molar-refractivity contribution in [1.29, 1.82) is 0 Å². The number of amides is 2. The van der Waals surface area contributed by atoms with E-state index in [1.807, 2.05) is 0 Å². The molecule has 0 radical (unpaired) electrons. The number of rotatable bonds is 8. The summed E-state index contributed by atoms with van der Waals surface area (Å²) >= 11 is 0. The number of hydrogen-bond acceptors (Lipinski definition) is 7. The number of nitrogens with zero attached hydrogens (tertiary/aromatic N) is 1. The maximum absolute atomic E-state index is 12.3. The summed E-state index contributed by atoms with van der Waals surface area (Å²) in [6.07, 6.45) is 0. The quantitative estimate of drug-likeness (QED) is 0.677. The van der Waals surface area contributed by atoms with Crippen LogP contribution < -0.4 is 24.8 Å². The van der Waals surface area contributed by atoms with Crippen LogP contribution in [0.4, 0.5) is 0 Å². The summed E-state index contributed by atoms with van der Waals surface area (Å²) in [5, 5.41) is 8.96. The molecule has 0 aliphatic carbocycles. The molecule has 2 aromatic rings. The Morgan fingerprint density at radius 2 is 1.54 bits per heavy atom. The van der Waals surface area contributed by atoms with Crippen molar-refractivity contribution in [2.24, 2.45) is 0 Å². The zero-order valence-corrected chi connectivity index (χ0v) is 15.0. The Balaban J connectivity index is 1.92. The average Bonchev–Trinajstić information content (AvgIpc) is 3.09. The highest BCUT2D eigenvalue weighted by molar-refractivity contribution is 5.96. The molecule has 0 aliphatic rings. The van der Waals surface area contributed by atoms with Gasteiger partial charge in [0.2, 0.25) is 5.75 Å². The number of carbonyl (C=O) groups excluding carboxylic acids is 2. The van der Waals surface area contributed by atoms with E-state index in [4.69, 9.17) is 18.7 Å². The molecule has 9 nitrogen and oxygen atoms in total. The fraction of sp³-hybridized carbons (Fsp3) is 0.353. The maximum atomic E-state index is 12.3. The van der Waals surface area contributed by atoms with E-state index in [2.05, 4.69) is 15.8 Å². The molecule has 0 spiro atoms. The van der Waals surface area contributed by atoms with Crippen molar-refractivity contribution in [2.75, 3.05) is 34.4 Å². The Labute approximate surface area is 150 Å². The molecule has 2 N–H and O–H groups in total. The number of benzene rings is 1. The molecule has 0 saturated carbocycles. The monoisotopic (exact) mass is 363 g/mol. The molecule has 1 aromatic carbocycles.